The lowest BCUT2D eigenvalue weighted by Crippen LogP contribution is -2.26. The van der Waals surface area contributed by atoms with Crippen LogP contribution in [0.15, 0.2) is 28.4 Å². The van der Waals surface area contributed by atoms with Gasteiger partial charge in [0.05, 0.1) is 23.2 Å². The summed E-state index contributed by atoms with van der Waals surface area (Å²) >= 11 is 6.48. The van der Waals surface area contributed by atoms with Crippen molar-refractivity contribution in [3.8, 4) is 0 Å². The van der Waals surface area contributed by atoms with Gasteiger partial charge in [0.2, 0.25) is 5.91 Å². The molecule has 2 rings (SSSR count). The van der Waals surface area contributed by atoms with Crippen LogP contribution in [0.1, 0.15) is 17.5 Å². The second-order valence-corrected chi connectivity index (χ2v) is 6.18. The molecule has 0 radical (unpaired) electrons. The third kappa shape index (κ3) is 4.71. The van der Waals surface area contributed by atoms with Gasteiger partial charge in [-0.25, -0.2) is 0 Å². The fourth-order valence-corrected chi connectivity index (χ4v) is 2.95. The lowest BCUT2D eigenvalue weighted by atomic mass is 10.1. The number of carboxylic acids is 1. The Labute approximate surface area is 142 Å². The zero-order valence-corrected chi connectivity index (χ0v) is 13.2. The number of carbonyl (C=O) groups is 2. The van der Waals surface area contributed by atoms with Crippen LogP contribution < -0.4 is 5.32 Å². The van der Waals surface area contributed by atoms with E-state index in [0.717, 1.165) is 30.1 Å². The van der Waals surface area contributed by atoms with Gasteiger partial charge in [0.25, 0.3) is 0 Å². The Hall–Kier alpha value is -2.07. The summed E-state index contributed by atoms with van der Waals surface area (Å²) in [6.45, 7) is 0. The van der Waals surface area contributed by atoms with Crippen LogP contribution in [0.5, 0.6) is 0 Å². The van der Waals surface area contributed by atoms with E-state index in [1.807, 2.05) is 0 Å². The molecule has 1 aliphatic rings. The molecule has 24 heavy (non-hydrogen) atoms. The van der Waals surface area contributed by atoms with Gasteiger partial charge in [0.15, 0.2) is 5.17 Å². The van der Waals surface area contributed by atoms with Crippen LogP contribution in [0.3, 0.4) is 0 Å². The molecule has 11 heteroatoms. The van der Waals surface area contributed by atoms with Gasteiger partial charge in [-0.2, -0.15) is 18.3 Å². The van der Waals surface area contributed by atoms with E-state index in [-0.39, 0.29) is 17.2 Å². The first-order valence-corrected chi connectivity index (χ1v) is 7.59. The predicted molar refractivity (Wildman–Crippen MR) is 83.3 cm³/mol. The summed E-state index contributed by atoms with van der Waals surface area (Å²) in [5.41, 5.74) is -0.670. The average Bonchev–Trinajstić information content (AvgIpc) is 2.77. The highest BCUT2D eigenvalue weighted by atomic mass is 35.5. The van der Waals surface area contributed by atoms with Crippen molar-refractivity contribution >= 4 is 46.6 Å². The molecule has 128 valence electrons. The number of halogens is 4. The standard InChI is InChI=1S/C13H9ClF3N3O3S/c14-8-3-6(1-2-7(8)13(15,16)17)5-18-20-12-19-11(23)9(24-12)4-10(21)22/h1-3,5,9H,4H2,(H,21,22)(H,19,20,23). The highest BCUT2D eigenvalue weighted by Gasteiger charge is 2.33. The second kappa shape index (κ2) is 7.22. The molecular weight excluding hydrogens is 371 g/mol. The average molecular weight is 380 g/mol. The molecule has 1 aromatic carbocycles. The molecule has 2 N–H and O–H groups in total. The molecule has 0 aliphatic carbocycles. The molecule has 1 aromatic rings. The van der Waals surface area contributed by atoms with Crippen LogP contribution in [0, 0.1) is 0 Å². The fraction of sp³-hybridized carbons (Fsp3) is 0.231. The second-order valence-electron chi connectivity index (χ2n) is 4.58. The number of aliphatic carboxylic acids is 1. The highest BCUT2D eigenvalue weighted by molar-refractivity contribution is 8.15. The first kappa shape index (κ1) is 18.3. The molecule has 1 unspecified atom stereocenters. The monoisotopic (exact) mass is 379 g/mol. The topological polar surface area (TPSA) is 91.1 Å². The van der Waals surface area contributed by atoms with Crippen molar-refractivity contribution in [1.82, 2.24) is 5.32 Å². The minimum atomic E-state index is -4.54. The smallest absolute Gasteiger partial charge is 0.417 e. The van der Waals surface area contributed by atoms with Crippen LogP contribution in [-0.2, 0) is 15.8 Å². The van der Waals surface area contributed by atoms with Crippen LogP contribution in [-0.4, -0.2) is 33.6 Å². The van der Waals surface area contributed by atoms with Crippen LogP contribution in [0.25, 0.3) is 0 Å². The van der Waals surface area contributed by atoms with Crippen LogP contribution in [0.4, 0.5) is 13.2 Å². The summed E-state index contributed by atoms with van der Waals surface area (Å²) in [4.78, 5) is 22.1. The van der Waals surface area contributed by atoms with E-state index in [9.17, 15) is 22.8 Å². The lowest BCUT2D eigenvalue weighted by Gasteiger charge is -2.08. The fourth-order valence-electron chi connectivity index (χ4n) is 1.73. The molecule has 6 nitrogen and oxygen atoms in total. The highest BCUT2D eigenvalue weighted by Crippen LogP contribution is 2.34. The van der Waals surface area contributed by atoms with Gasteiger partial charge in [0, 0.05) is 0 Å². The van der Waals surface area contributed by atoms with Crippen molar-refractivity contribution in [3.63, 3.8) is 0 Å². The molecular formula is C13H9ClF3N3O3S. The van der Waals surface area contributed by atoms with Gasteiger partial charge in [-0.1, -0.05) is 29.4 Å². The number of carbonyl (C=O) groups excluding carboxylic acids is 1. The third-order valence-corrected chi connectivity index (χ3v) is 4.18. The van der Waals surface area contributed by atoms with Crippen molar-refractivity contribution in [1.29, 1.82) is 0 Å². The van der Waals surface area contributed by atoms with Gasteiger partial charge in [-0.05, 0) is 17.7 Å². The molecule has 1 amide bonds. The Morgan fingerprint density at radius 2 is 2.17 bits per heavy atom. The van der Waals surface area contributed by atoms with Crippen molar-refractivity contribution < 1.29 is 27.9 Å². The number of alkyl halides is 3. The Morgan fingerprint density at radius 3 is 2.75 bits per heavy atom. The van der Waals surface area contributed by atoms with Gasteiger partial charge in [0.1, 0.15) is 5.25 Å². The van der Waals surface area contributed by atoms with E-state index in [4.69, 9.17) is 16.7 Å². The Kier molecular flexibility index (Phi) is 5.50. The van der Waals surface area contributed by atoms with Gasteiger partial charge < -0.3 is 10.4 Å². The van der Waals surface area contributed by atoms with E-state index in [0.29, 0.717) is 0 Å². The van der Waals surface area contributed by atoms with Crippen molar-refractivity contribution in [2.45, 2.75) is 17.8 Å². The summed E-state index contributed by atoms with van der Waals surface area (Å²) < 4.78 is 37.7. The zero-order chi connectivity index (χ0) is 17.9. The van der Waals surface area contributed by atoms with E-state index < -0.39 is 33.9 Å². The van der Waals surface area contributed by atoms with Gasteiger partial charge in [-0.15, -0.1) is 5.10 Å². The Bertz CT molecular complexity index is 737. The summed E-state index contributed by atoms with van der Waals surface area (Å²) in [5, 5.41) is 17.2. The maximum Gasteiger partial charge on any atom is 0.417 e. The van der Waals surface area contributed by atoms with Gasteiger partial charge >= 0.3 is 12.1 Å². The summed E-state index contributed by atoms with van der Waals surface area (Å²) in [5.74, 6) is -1.61. The molecule has 0 spiro atoms. The number of amidine groups is 1. The number of carboxylic acid groups (broad SMARTS) is 1. The van der Waals surface area contributed by atoms with Gasteiger partial charge in [-0.3, -0.25) is 9.59 Å². The lowest BCUT2D eigenvalue weighted by molar-refractivity contribution is -0.138. The van der Waals surface area contributed by atoms with E-state index in [2.05, 4.69) is 15.5 Å². The summed E-state index contributed by atoms with van der Waals surface area (Å²) in [6, 6.07) is 3.08. The number of nitrogens with zero attached hydrogens (tertiary/aromatic N) is 2. The summed E-state index contributed by atoms with van der Waals surface area (Å²) in [6.07, 6.45) is -3.74. The zero-order valence-electron chi connectivity index (χ0n) is 11.7. The first-order chi connectivity index (χ1) is 11.2. The third-order valence-electron chi connectivity index (χ3n) is 2.79. The number of thioether (sulfide) groups is 1. The number of amides is 1. The van der Waals surface area contributed by atoms with Crippen LogP contribution in [0.2, 0.25) is 5.02 Å². The molecule has 0 bridgehead atoms. The number of hydrogen-bond donors (Lipinski definition) is 2. The molecule has 0 saturated carbocycles. The molecule has 1 aliphatic heterocycles. The molecule has 0 aromatic heterocycles. The van der Waals surface area contributed by atoms with E-state index >= 15 is 0 Å². The Balaban J connectivity index is 2.06. The summed E-state index contributed by atoms with van der Waals surface area (Å²) in [7, 11) is 0. The van der Waals surface area contributed by atoms with Crippen molar-refractivity contribution in [2.24, 2.45) is 10.2 Å². The molecule has 1 saturated heterocycles. The largest absolute Gasteiger partial charge is 0.481 e. The minimum absolute atomic E-state index is 0.112. The number of rotatable bonds is 4. The molecule has 1 fully saturated rings. The maximum atomic E-state index is 12.6. The van der Waals surface area contributed by atoms with E-state index in [1.54, 1.807) is 0 Å². The Morgan fingerprint density at radius 1 is 1.46 bits per heavy atom. The number of benzene rings is 1. The quantitative estimate of drug-likeness (QED) is 0.621. The normalized spacial score (nSPS) is 19.9. The van der Waals surface area contributed by atoms with Crippen LogP contribution >= 0.6 is 23.4 Å². The first-order valence-electron chi connectivity index (χ1n) is 6.34. The minimum Gasteiger partial charge on any atom is -0.481 e. The maximum absolute atomic E-state index is 12.6. The van der Waals surface area contributed by atoms with Crippen molar-refractivity contribution in [3.05, 3.63) is 34.3 Å². The predicted octanol–water partition coefficient (Wildman–Crippen LogP) is 2.76. The molecule has 1 atom stereocenters. The SMILES string of the molecule is O=C(O)CC1SC(=NN=Cc2ccc(C(F)(F)F)c(Cl)c2)NC1=O. The molecule has 1 heterocycles. The number of nitrogens with one attached hydrogen (secondary N) is 1. The number of hydrogen-bond acceptors (Lipinski definition) is 5. The van der Waals surface area contributed by atoms with E-state index in [1.165, 1.54) is 6.07 Å². The van der Waals surface area contributed by atoms with Crippen molar-refractivity contribution in [2.75, 3.05) is 0 Å².